The summed E-state index contributed by atoms with van der Waals surface area (Å²) in [6.07, 6.45) is 7.27. The monoisotopic (exact) mass is 403 g/mol. The summed E-state index contributed by atoms with van der Waals surface area (Å²) in [6.45, 7) is 1.84. The van der Waals surface area contributed by atoms with Crippen molar-refractivity contribution < 1.29 is 14.3 Å². The number of aliphatic hydroxyl groups is 1. The molecular weight excluding hydrogens is 378 g/mol. The largest absolute Gasteiger partial charge is 0.459 e. The van der Waals surface area contributed by atoms with Gasteiger partial charge in [0, 0.05) is 17.0 Å². The molecule has 6 nitrogen and oxygen atoms in total. The Morgan fingerprint density at radius 3 is 2.86 bits per heavy atom. The highest BCUT2D eigenvalue weighted by Crippen LogP contribution is 2.49. The molecule has 150 valence electrons. The Morgan fingerprint density at radius 2 is 2.07 bits per heavy atom. The van der Waals surface area contributed by atoms with Crippen LogP contribution in [0.4, 0.5) is 10.5 Å². The van der Waals surface area contributed by atoms with E-state index in [2.05, 4.69) is 21.6 Å². The molecule has 0 radical (unpaired) electrons. The average molecular weight is 404 g/mol. The predicted molar refractivity (Wildman–Crippen MR) is 109 cm³/mol. The third kappa shape index (κ3) is 2.90. The number of nitrogens with one attached hydrogen (secondary N) is 2. The van der Waals surface area contributed by atoms with Gasteiger partial charge in [-0.05, 0) is 44.4 Å². The van der Waals surface area contributed by atoms with Gasteiger partial charge in [-0.3, -0.25) is 4.90 Å². The number of hydrogen-bond acceptors (Lipinski definition) is 4. The highest BCUT2D eigenvalue weighted by atomic mass is 35.5. The predicted octanol–water partition coefficient (Wildman–Crippen LogP) is 4.34. The summed E-state index contributed by atoms with van der Waals surface area (Å²) in [5.74, 6) is 0.877. The van der Waals surface area contributed by atoms with E-state index in [-0.39, 0.29) is 18.7 Å². The molecule has 3 N–H and O–H groups in total. The van der Waals surface area contributed by atoms with Gasteiger partial charge < -0.3 is 20.2 Å². The highest BCUT2D eigenvalue weighted by Gasteiger charge is 2.43. The van der Waals surface area contributed by atoms with Gasteiger partial charge in [0.2, 0.25) is 0 Å². The lowest BCUT2D eigenvalue weighted by Crippen LogP contribution is -2.52. The summed E-state index contributed by atoms with van der Waals surface area (Å²) >= 11 is 6.59. The van der Waals surface area contributed by atoms with Crippen molar-refractivity contribution in [2.75, 3.05) is 18.5 Å². The van der Waals surface area contributed by atoms with Gasteiger partial charge in [0.25, 0.3) is 0 Å². The molecule has 1 aromatic heterocycles. The van der Waals surface area contributed by atoms with Crippen molar-refractivity contribution >= 4 is 34.3 Å². The van der Waals surface area contributed by atoms with Crippen molar-refractivity contribution in [2.24, 2.45) is 0 Å². The number of halogens is 1. The first-order chi connectivity index (χ1) is 13.6. The zero-order valence-corrected chi connectivity index (χ0v) is 16.6. The Labute approximate surface area is 169 Å². The first-order valence-electron chi connectivity index (χ1n) is 10.3. The molecule has 0 bridgehead atoms. The molecule has 1 aromatic carbocycles. The van der Waals surface area contributed by atoms with Gasteiger partial charge in [0.15, 0.2) is 0 Å². The quantitative estimate of drug-likeness (QED) is 0.712. The van der Waals surface area contributed by atoms with E-state index < -0.39 is 5.54 Å². The number of carbonyl (C=O) groups is 1. The van der Waals surface area contributed by atoms with Gasteiger partial charge in [-0.1, -0.05) is 30.9 Å². The van der Waals surface area contributed by atoms with E-state index in [0.29, 0.717) is 17.3 Å². The van der Waals surface area contributed by atoms with Crippen LogP contribution in [0, 0.1) is 0 Å². The Balaban J connectivity index is 1.60. The molecule has 2 aliphatic heterocycles. The number of amides is 2. The van der Waals surface area contributed by atoms with Crippen LogP contribution in [-0.4, -0.2) is 35.2 Å². The van der Waals surface area contributed by atoms with Gasteiger partial charge in [-0.15, -0.1) is 0 Å². The summed E-state index contributed by atoms with van der Waals surface area (Å²) in [4.78, 5) is 14.6. The average Bonchev–Trinajstić information content (AvgIpc) is 3.28. The van der Waals surface area contributed by atoms with Gasteiger partial charge in [0.1, 0.15) is 11.3 Å². The number of hydrogen-bond donors (Lipinski definition) is 3. The van der Waals surface area contributed by atoms with Crippen molar-refractivity contribution in [3.05, 3.63) is 28.5 Å². The first-order valence-corrected chi connectivity index (χ1v) is 10.7. The summed E-state index contributed by atoms with van der Waals surface area (Å²) in [5.41, 5.74) is 2.11. The zero-order chi connectivity index (χ0) is 19.3. The molecule has 28 heavy (non-hydrogen) atoms. The number of fused-ring (bicyclic) bond motifs is 4. The van der Waals surface area contributed by atoms with E-state index in [9.17, 15) is 9.90 Å². The van der Waals surface area contributed by atoms with Gasteiger partial charge in [0.05, 0.1) is 29.4 Å². The minimum atomic E-state index is -0.407. The van der Waals surface area contributed by atoms with E-state index in [1.165, 1.54) is 6.42 Å². The lowest BCUT2D eigenvalue weighted by atomic mass is 9.74. The molecule has 1 unspecified atom stereocenters. The maximum atomic E-state index is 12.4. The van der Waals surface area contributed by atoms with Crippen LogP contribution >= 0.6 is 11.6 Å². The number of furan rings is 1. The van der Waals surface area contributed by atoms with Crippen LogP contribution in [0.25, 0.3) is 11.0 Å². The third-order valence-electron chi connectivity index (χ3n) is 6.66. The van der Waals surface area contributed by atoms with E-state index in [4.69, 9.17) is 16.0 Å². The fourth-order valence-electron chi connectivity index (χ4n) is 5.32. The van der Waals surface area contributed by atoms with Gasteiger partial charge >= 0.3 is 6.03 Å². The number of nitrogens with zero attached hydrogens (tertiary/aromatic N) is 1. The number of likely N-dealkylation sites (tertiary alicyclic amines) is 1. The molecule has 1 spiro atoms. The maximum Gasteiger partial charge on any atom is 0.319 e. The van der Waals surface area contributed by atoms with Crippen molar-refractivity contribution in [3.8, 4) is 0 Å². The standard InChI is InChI=1S/C21H26ClN3O3/c22-16-10-13-9-15(11-25-8-4-5-14(25)12-26)28-19(13)17-18(16)23-20(27)24-21(17)6-2-1-3-7-21/h9-10,14,26H,1-8,11-12H2,(H2,23,24,27). The van der Waals surface area contributed by atoms with Gasteiger partial charge in [-0.2, -0.15) is 0 Å². The molecule has 5 rings (SSSR count). The normalized spacial score (nSPS) is 24.4. The molecule has 3 aliphatic rings. The number of benzene rings is 1. The number of anilines is 1. The molecule has 2 aromatic rings. The topological polar surface area (TPSA) is 77.7 Å². The molecule has 2 fully saturated rings. The molecule has 1 saturated carbocycles. The molecular formula is C21H26ClN3O3. The van der Waals surface area contributed by atoms with Crippen LogP contribution < -0.4 is 10.6 Å². The van der Waals surface area contributed by atoms with Crippen molar-refractivity contribution in [1.82, 2.24) is 10.2 Å². The Morgan fingerprint density at radius 1 is 1.25 bits per heavy atom. The van der Waals surface area contributed by atoms with Crippen LogP contribution in [0.3, 0.4) is 0 Å². The fraction of sp³-hybridized carbons (Fsp3) is 0.571. The molecule has 3 heterocycles. The maximum absolute atomic E-state index is 12.4. The fourth-order valence-corrected chi connectivity index (χ4v) is 5.58. The second-order valence-electron chi connectivity index (χ2n) is 8.41. The minimum Gasteiger partial charge on any atom is -0.459 e. The molecule has 1 atom stereocenters. The molecule has 7 heteroatoms. The van der Waals surface area contributed by atoms with Crippen LogP contribution in [0.15, 0.2) is 16.5 Å². The van der Waals surface area contributed by atoms with E-state index >= 15 is 0 Å². The van der Waals surface area contributed by atoms with Crippen LogP contribution in [0.1, 0.15) is 56.3 Å². The van der Waals surface area contributed by atoms with E-state index in [1.807, 2.05) is 6.07 Å². The van der Waals surface area contributed by atoms with Crippen molar-refractivity contribution in [3.63, 3.8) is 0 Å². The Hall–Kier alpha value is -1.76. The molecule has 2 amide bonds. The SMILES string of the molecule is O=C1Nc2c(Cl)cc3cc(CN4CCCC4CO)oc3c2C2(CCCCC2)N1. The van der Waals surface area contributed by atoms with Crippen LogP contribution in [0.2, 0.25) is 5.02 Å². The first kappa shape index (κ1) is 18.3. The summed E-state index contributed by atoms with van der Waals surface area (Å²) in [6, 6.07) is 3.96. The smallest absolute Gasteiger partial charge is 0.319 e. The van der Waals surface area contributed by atoms with Crippen molar-refractivity contribution in [2.45, 2.75) is 63.1 Å². The lowest BCUT2D eigenvalue weighted by molar-refractivity contribution is 0.147. The Bertz CT molecular complexity index is 919. The summed E-state index contributed by atoms with van der Waals surface area (Å²) < 4.78 is 6.37. The molecule has 1 saturated heterocycles. The molecule has 1 aliphatic carbocycles. The van der Waals surface area contributed by atoms with E-state index in [1.54, 1.807) is 0 Å². The third-order valence-corrected chi connectivity index (χ3v) is 6.95. The second-order valence-corrected chi connectivity index (χ2v) is 8.82. The van der Waals surface area contributed by atoms with Crippen LogP contribution in [0.5, 0.6) is 0 Å². The number of carbonyl (C=O) groups excluding carboxylic acids is 1. The zero-order valence-electron chi connectivity index (χ0n) is 15.9. The minimum absolute atomic E-state index is 0.181. The highest BCUT2D eigenvalue weighted by molar-refractivity contribution is 6.35. The number of urea groups is 1. The second kappa shape index (κ2) is 6.94. The van der Waals surface area contributed by atoms with E-state index in [0.717, 1.165) is 67.4 Å². The van der Waals surface area contributed by atoms with Gasteiger partial charge in [-0.25, -0.2) is 4.79 Å². The number of aliphatic hydroxyl groups excluding tert-OH is 1. The lowest BCUT2D eigenvalue weighted by Gasteiger charge is -2.42. The summed E-state index contributed by atoms with van der Waals surface area (Å²) in [5, 5.41) is 17.2. The van der Waals surface area contributed by atoms with Crippen LogP contribution in [-0.2, 0) is 12.1 Å². The Kier molecular flexibility index (Phi) is 4.53. The summed E-state index contributed by atoms with van der Waals surface area (Å²) in [7, 11) is 0. The number of rotatable bonds is 3. The van der Waals surface area contributed by atoms with Crippen molar-refractivity contribution in [1.29, 1.82) is 0 Å².